The fraction of sp³-hybridized carbons (Fsp3) is 0.500. The third-order valence-electron chi connectivity index (χ3n) is 3.44. The van der Waals surface area contributed by atoms with E-state index in [0.29, 0.717) is 17.7 Å². The molecule has 2 rings (SSSR count). The van der Waals surface area contributed by atoms with E-state index in [1.807, 2.05) is 0 Å². The third-order valence-corrected chi connectivity index (χ3v) is 3.44. The van der Waals surface area contributed by atoms with Crippen molar-refractivity contribution in [2.24, 2.45) is 0 Å². The van der Waals surface area contributed by atoms with Gasteiger partial charge in [0, 0.05) is 31.7 Å². The molecule has 0 unspecified atom stereocenters. The number of carbonyl (C=O) groups is 1. The summed E-state index contributed by atoms with van der Waals surface area (Å²) >= 11 is 0. The first-order valence-electron chi connectivity index (χ1n) is 6.26. The summed E-state index contributed by atoms with van der Waals surface area (Å²) in [5.74, 6) is -0.186. The fourth-order valence-electron chi connectivity index (χ4n) is 2.12. The van der Waals surface area contributed by atoms with Crippen molar-refractivity contribution in [2.45, 2.75) is 6.92 Å². The lowest BCUT2D eigenvalue weighted by Crippen LogP contribution is -2.46. The molecule has 1 fully saturated rings. The van der Waals surface area contributed by atoms with E-state index in [9.17, 15) is 9.18 Å². The second kappa shape index (κ2) is 5.59. The van der Waals surface area contributed by atoms with E-state index >= 15 is 0 Å². The predicted molar refractivity (Wildman–Crippen MR) is 69.4 cm³/mol. The molecule has 0 saturated carbocycles. The number of benzene rings is 1. The number of aryl methyl sites for hydroxylation is 1. The molecular weight excluding hydrogens is 231 g/mol. The van der Waals surface area contributed by atoms with Gasteiger partial charge in [-0.1, -0.05) is 0 Å². The fourth-order valence-corrected chi connectivity index (χ4v) is 2.12. The van der Waals surface area contributed by atoms with Crippen LogP contribution in [0.5, 0.6) is 0 Å². The molecule has 3 nitrogen and oxygen atoms in total. The molecule has 1 saturated heterocycles. The summed E-state index contributed by atoms with van der Waals surface area (Å²) in [5.41, 5.74) is 1.13. The molecule has 1 aromatic rings. The van der Waals surface area contributed by atoms with Gasteiger partial charge in [0.05, 0.1) is 6.54 Å². The van der Waals surface area contributed by atoms with Crippen LogP contribution in [0.3, 0.4) is 0 Å². The van der Waals surface area contributed by atoms with Crippen molar-refractivity contribution in [1.29, 1.82) is 0 Å². The number of nitrogens with zero attached hydrogens (tertiary/aromatic N) is 2. The Kier molecular flexibility index (Phi) is 4.09. The number of halogens is 1. The van der Waals surface area contributed by atoms with E-state index in [0.717, 1.165) is 26.2 Å². The first-order valence-corrected chi connectivity index (χ1v) is 6.26. The number of rotatable bonds is 3. The Morgan fingerprint density at radius 3 is 2.56 bits per heavy atom. The number of ketones is 1. The van der Waals surface area contributed by atoms with Crippen LogP contribution in [0.2, 0.25) is 0 Å². The molecule has 0 N–H and O–H groups in total. The third kappa shape index (κ3) is 3.15. The van der Waals surface area contributed by atoms with E-state index in [4.69, 9.17) is 0 Å². The van der Waals surface area contributed by atoms with Gasteiger partial charge >= 0.3 is 0 Å². The van der Waals surface area contributed by atoms with Gasteiger partial charge in [0.15, 0.2) is 5.78 Å². The van der Waals surface area contributed by atoms with Crippen LogP contribution in [0, 0.1) is 12.7 Å². The smallest absolute Gasteiger partial charge is 0.176 e. The lowest BCUT2D eigenvalue weighted by molar-refractivity contribution is 0.0876. The Bertz CT molecular complexity index is 439. The molecule has 18 heavy (non-hydrogen) atoms. The molecule has 0 bridgehead atoms. The van der Waals surface area contributed by atoms with Crippen molar-refractivity contribution in [3.63, 3.8) is 0 Å². The average molecular weight is 250 g/mol. The zero-order chi connectivity index (χ0) is 13.1. The predicted octanol–water partition coefficient (Wildman–Crippen LogP) is 1.56. The Hall–Kier alpha value is -1.26. The highest BCUT2D eigenvalue weighted by atomic mass is 19.1. The van der Waals surface area contributed by atoms with E-state index in [1.54, 1.807) is 19.1 Å². The maximum atomic E-state index is 13.1. The van der Waals surface area contributed by atoms with Gasteiger partial charge in [0.2, 0.25) is 0 Å². The zero-order valence-electron chi connectivity index (χ0n) is 10.9. The number of hydrogen-bond acceptors (Lipinski definition) is 3. The number of carbonyl (C=O) groups excluding carboxylic acids is 1. The summed E-state index contributed by atoms with van der Waals surface area (Å²) in [5, 5.41) is 0. The molecule has 1 aliphatic rings. The second-order valence-electron chi connectivity index (χ2n) is 4.97. The normalized spacial score (nSPS) is 17.9. The maximum absolute atomic E-state index is 13.1. The Labute approximate surface area is 107 Å². The van der Waals surface area contributed by atoms with E-state index in [2.05, 4.69) is 16.8 Å². The van der Waals surface area contributed by atoms with Crippen LogP contribution in [0.4, 0.5) is 4.39 Å². The van der Waals surface area contributed by atoms with E-state index in [1.165, 1.54) is 6.07 Å². The molecule has 0 radical (unpaired) electrons. The van der Waals surface area contributed by atoms with Crippen LogP contribution < -0.4 is 0 Å². The molecule has 0 atom stereocenters. The Balaban J connectivity index is 1.97. The van der Waals surface area contributed by atoms with E-state index in [-0.39, 0.29) is 11.6 Å². The monoisotopic (exact) mass is 250 g/mol. The minimum Gasteiger partial charge on any atom is -0.304 e. The minimum atomic E-state index is -0.258. The molecule has 1 aromatic carbocycles. The van der Waals surface area contributed by atoms with Crippen molar-refractivity contribution < 1.29 is 9.18 Å². The van der Waals surface area contributed by atoms with Gasteiger partial charge in [-0.15, -0.1) is 0 Å². The summed E-state index contributed by atoms with van der Waals surface area (Å²) in [6.07, 6.45) is 0. The zero-order valence-corrected chi connectivity index (χ0v) is 10.9. The number of piperazine rings is 1. The topological polar surface area (TPSA) is 23.6 Å². The second-order valence-corrected chi connectivity index (χ2v) is 4.97. The molecule has 0 aromatic heterocycles. The van der Waals surface area contributed by atoms with Gasteiger partial charge in [-0.05, 0) is 37.7 Å². The van der Waals surface area contributed by atoms with Gasteiger partial charge in [-0.25, -0.2) is 4.39 Å². The molecule has 0 aliphatic carbocycles. The largest absolute Gasteiger partial charge is 0.304 e. The van der Waals surface area contributed by atoms with Crippen molar-refractivity contribution in [3.8, 4) is 0 Å². The van der Waals surface area contributed by atoms with Gasteiger partial charge < -0.3 is 4.90 Å². The summed E-state index contributed by atoms with van der Waals surface area (Å²) < 4.78 is 13.1. The first-order chi connectivity index (χ1) is 8.56. The quantitative estimate of drug-likeness (QED) is 0.761. The summed E-state index contributed by atoms with van der Waals surface area (Å²) in [4.78, 5) is 16.5. The highest BCUT2D eigenvalue weighted by Gasteiger charge is 2.17. The molecular formula is C14H19FN2O. The van der Waals surface area contributed by atoms with Gasteiger partial charge in [-0.3, -0.25) is 9.69 Å². The van der Waals surface area contributed by atoms with Crippen LogP contribution >= 0.6 is 0 Å². The van der Waals surface area contributed by atoms with Crippen molar-refractivity contribution in [1.82, 2.24) is 9.80 Å². The number of Topliss-reactive ketones (excluding diaryl/α,β-unsaturated/α-hetero) is 1. The highest BCUT2D eigenvalue weighted by Crippen LogP contribution is 2.11. The van der Waals surface area contributed by atoms with Crippen molar-refractivity contribution in [3.05, 3.63) is 35.1 Å². The lowest BCUT2D eigenvalue weighted by atomic mass is 10.1. The molecule has 0 spiro atoms. The standard InChI is InChI=1S/C14H19FN2O/c1-11-9-12(3-4-13(11)15)14(18)10-17-7-5-16(2)6-8-17/h3-4,9H,5-8,10H2,1-2H3. The molecule has 1 aliphatic heterocycles. The van der Waals surface area contributed by atoms with Gasteiger partial charge in [-0.2, -0.15) is 0 Å². The molecule has 0 amide bonds. The first kappa shape index (κ1) is 13.2. The van der Waals surface area contributed by atoms with Crippen LogP contribution in [-0.2, 0) is 0 Å². The van der Waals surface area contributed by atoms with Crippen LogP contribution in [-0.4, -0.2) is 55.4 Å². The van der Waals surface area contributed by atoms with Gasteiger partial charge in [0.25, 0.3) is 0 Å². The molecule has 1 heterocycles. The van der Waals surface area contributed by atoms with Crippen molar-refractivity contribution >= 4 is 5.78 Å². The Morgan fingerprint density at radius 1 is 1.28 bits per heavy atom. The Morgan fingerprint density at radius 2 is 1.94 bits per heavy atom. The van der Waals surface area contributed by atoms with Crippen LogP contribution in [0.25, 0.3) is 0 Å². The van der Waals surface area contributed by atoms with Crippen molar-refractivity contribution in [2.75, 3.05) is 39.8 Å². The summed E-state index contributed by atoms with van der Waals surface area (Å²) in [6.45, 7) is 5.94. The highest BCUT2D eigenvalue weighted by molar-refractivity contribution is 5.97. The summed E-state index contributed by atoms with van der Waals surface area (Å²) in [7, 11) is 2.09. The minimum absolute atomic E-state index is 0.0719. The number of likely N-dealkylation sites (N-methyl/N-ethyl adjacent to an activating group) is 1. The SMILES string of the molecule is Cc1cc(C(=O)CN2CCN(C)CC2)ccc1F. The molecule has 4 heteroatoms. The van der Waals surface area contributed by atoms with Crippen LogP contribution in [0.15, 0.2) is 18.2 Å². The maximum Gasteiger partial charge on any atom is 0.176 e. The number of hydrogen-bond donors (Lipinski definition) is 0. The average Bonchev–Trinajstić information content (AvgIpc) is 2.35. The van der Waals surface area contributed by atoms with Gasteiger partial charge in [0.1, 0.15) is 5.82 Å². The van der Waals surface area contributed by atoms with Crippen LogP contribution in [0.1, 0.15) is 15.9 Å². The van der Waals surface area contributed by atoms with E-state index < -0.39 is 0 Å². The molecule has 98 valence electrons. The lowest BCUT2D eigenvalue weighted by Gasteiger charge is -2.31. The summed E-state index contributed by atoms with van der Waals surface area (Å²) in [6, 6.07) is 4.57.